The van der Waals surface area contributed by atoms with Crippen molar-refractivity contribution in [1.82, 2.24) is 4.57 Å². The lowest BCUT2D eigenvalue weighted by molar-refractivity contribution is -0.516. The van der Waals surface area contributed by atoms with Gasteiger partial charge in [0.15, 0.2) is 0 Å². The molecule has 106 valence electrons. The minimum atomic E-state index is -0.710. The van der Waals surface area contributed by atoms with Gasteiger partial charge in [0.1, 0.15) is 5.92 Å². The number of para-hydroxylation sites is 1. The number of aromatic nitrogens is 1. The third-order valence-corrected chi connectivity index (χ3v) is 3.34. The lowest BCUT2D eigenvalue weighted by Crippen LogP contribution is -2.20. The number of nitrogens with zero attached hydrogens (tertiary/aromatic N) is 3. The Kier molecular flexibility index (Phi) is 3.97. The van der Waals surface area contributed by atoms with Crippen molar-refractivity contribution in [2.45, 2.75) is 19.4 Å². The van der Waals surface area contributed by atoms with Gasteiger partial charge in [-0.15, -0.1) is 0 Å². The molecular weight excluding hydrogens is 262 g/mol. The molecule has 7 nitrogen and oxygen atoms in total. The molecule has 0 spiro atoms. The number of hydrogen-bond acceptors (Lipinski definition) is 4. The van der Waals surface area contributed by atoms with Crippen LogP contribution in [0.25, 0.3) is 10.9 Å². The quantitative estimate of drug-likeness (QED) is 0.598. The molecule has 0 atom stereocenters. The third kappa shape index (κ3) is 2.76. The standard InChI is InChI=1S/C13H15N3O4/c1-2-14-9-12(11-5-3-4-6-13(11)14)10(7-15(17)18)8-16(19)20/h3-6,9-10H,2,7-8H2,1H3. The first-order valence-electron chi connectivity index (χ1n) is 6.34. The molecule has 0 radical (unpaired) electrons. The van der Waals surface area contributed by atoms with Crippen molar-refractivity contribution in [2.24, 2.45) is 0 Å². The van der Waals surface area contributed by atoms with Crippen LogP contribution in [-0.2, 0) is 6.54 Å². The topological polar surface area (TPSA) is 91.2 Å². The molecule has 2 rings (SSSR count). The van der Waals surface area contributed by atoms with Crippen molar-refractivity contribution in [3.8, 4) is 0 Å². The zero-order valence-corrected chi connectivity index (χ0v) is 11.1. The second kappa shape index (κ2) is 5.68. The first-order valence-corrected chi connectivity index (χ1v) is 6.34. The van der Waals surface area contributed by atoms with Gasteiger partial charge in [-0.05, 0) is 18.6 Å². The average Bonchev–Trinajstić information content (AvgIpc) is 2.75. The van der Waals surface area contributed by atoms with Crippen LogP contribution >= 0.6 is 0 Å². The molecule has 0 saturated heterocycles. The molecule has 1 heterocycles. The highest BCUT2D eigenvalue weighted by Gasteiger charge is 2.27. The van der Waals surface area contributed by atoms with Gasteiger partial charge in [0, 0.05) is 33.5 Å². The largest absolute Gasteiger partial charge is 0.347 e. The number of nitro groups is 2. The fourth-order valence-electron chi connectivity index (χ4n) is 2.48. The van der Waals surface area contributed by atoms with E-state index in [1.807, 2.05) is 35.8 Å². The molecule has 7 heteroatoms. The molecule has 0 saturated carbocycles. The highest BCUT2D eigenvalue weighted by Crippen LogP contribution is 2.28. The highest BCUT2D eigenvalue weighted by molar-refractivity contribution is 5.84. The van der Waals surface area contributed by atoms with Crippen LogP contribution in [0.2, 0.25) is 0 Å². The van der Waals surface area contributed by atoms with E-state index in [0.717, 1.165) is 10.9 Å². The summed E-state index contributed by atoms with van der Waals surface area (Å²) < 4.78 is 1.96. The molecule has 20 heavy (non-hydrogen) atoms. The van der Waals surface area contributed by atoms with Gasteiger partial charge >= 0.3 is 0 Å². The maximum atomic E-state index is 10.8. The lowest BCUT2D eigenvalue weighted by Gasteiger charge is -2.07. The molecular formula is C13H15N3O4. The molecule has 0 unspecified atom stereocenters. The summed E-state index contributed by atoms with van der Waals surface area (Å²) in [5.41, 5.74) is 1.62. The number of hydrogen-bond donors (Lipinski definition) is 0. The predicted octanol–water partition coefficient (Wildman–Crippen LogP) is 2.30. The van der Waals surface area contributed by atoms with Crippen LogP contribution in [0, 0.1) is 20.2 Å². The Balaban J connectivity index is 2.51. The Hall–Kier alpha value is -2.44. The SMILES string of the molecule is CCn1cc(C(C[N+](=O)[O-])C[N+](=O)[O-])c2ccccc21. The average molecular weight is 277 g/mol. The fourth-order valence-corrected chi connectivity index (χ4v) is 2.48. The van der Waals surface area contributed by atoms with Gasteiger partial charge in [-0.2, -0.15) is 0 Å². The molecule has 0 bridgehead atoms. The first-order chi connectivity index (χ1) is 9.52. The van der Waals surface area contributed by atoms with Crippen LogP contribution < -0.4 is 0 Å². The van der Waals surface area contributed by atoms with Gasteiger partial charge in [0.25, 0.3) is 0 Å². The maximum absolute atomic E-state index is 10.8. The summed E-state index contributed by atoms with van der Waals surface area (Å²) in [7, 11) is 0. The highest BCUT2D eigenvalue weighted by atomic mass is 16.6. The minimum absolute atomic E-state index is 0.432. The predicted molar refractivity (Wildman–Crippen MR) is 74.1 cm³/mol. The van der Waals surface area contributed by atoms with E-state index in [2.05, 4.69) is 0 Å². The zero-order chi connectivity index (χ0) is 14.7. The number of fused-ring (bicyclic) bond motifs is 1. The Morgan fingerprint density at radius 1 is 1.15 bits per heavy atom. The summed E-state index contributed by atoms with van der Waals surface area (Å²) in [6, 6.07) is 7.48. The second-order valence-electron chi connectivity index (χ2n) is 4.62. The molecule has 1 aromatic carbocycles. The summed E-state index contributed by atoms with van der Waals surface area (Å²) in [5, 5.41) is 22.4. The van der Waals surface area contributed by atoms with Crippen LogP contribution in [-0.4, -0.2) is 27.5 Å². The van der Waals surface area contributed by atoms with Crippen molar-refractivity contribution in [2.75, 3.05) is 13.1 Å². The van der Waals surface area contributed by atoms with Crippen molar-refractivity contribution in [3.63, 3.8) is 0 Å². The number of benzene rings is 1. The Labute approximate surface area is 115 Å². The number of aryl methyl sites for hydroxylation is 1. The Bertz CT molecular complexity index is 634. The summed E-state index contributed by atoms with van der Waals surface area (Å²) in [6.45, 7) is 1.81. The molecule has 2 aromatic rings. The van der Waals surface area contributed by atoms with Crippen molar-refractivity contribution in [1.29, 1.82) is 0 Å². The van der Waals surface area contributed by atoms with Gasteiger partial charge in [0.05, 0.1) is 0 Å². The van der Waals surface area contributed by atoms with E-state index in [1.165, 1.54) is 0 Å². The van der Waals surface area contributed by atoms with Crippen molar-refractivity contribution < 1.29 is 9.85 Å². The summed E-state index contributed by atoms with van der Waals surface area (Å²) >= 11 is 0. The molecule has 0 aliphatic heterocycles. The van der Waals surface area contributed by atoms with E-state index >= 15 is 0 Å². The van der Waals surface area contributed by atoms with E-state index in [0.29, 0.717) is 12.1 Å². The maximum Gasteiger partial charge on any atom is 0.217 e. The normalized spacial score (nSPS) is 11.1. The van der Waals surface area contributed by atoms with E-state index < -0.39 is 28.9 Å². The lowest BCUT2D eigenvalue weighted by atomic mass is 9.99. The van der Waals surface area contributed by atoms with E-state index in [-0.39, 0.29) is 0 Å². The molecule has 0 N–H and O–H groups in total. The van der Waals surface area contributed by atoms with Gasteiger partial charge in [-0.1, -0.05) is 18.2 Å². The smallest absolute Gasteiger partial charge is 0.217 e. The summed E-state index contributed by atoms with van der Waals surface area (Å²) in [5.74, 6) is -0.710. The molecule has 0 amide bonds. The van der Waals surface area contributed by atoms with E-state index in [9.17, 15) is 20.2 Å². The van der Waals surface area contributed by atoms with Crippen LogP contribution in [0.5, 0.6) is 0 Å². The van der Waals surface area contributed by atoms with Crippen LogP contribution in [0.3, 0.4) is 0 Å². The Morgan fingerprint density at radius 3 is 2.30 bits per heavy atom. The van der Waals surface area contributed by atoms with Gasteiger partial charge in [0.2, 0.25) is 13.1 Å². The minimum Gasteiger partial charge on any atom is -0.347 e. The van der Waals surface area contributed by atoms with Crippen LogP contribution in [0.15, 0.2) is 30.5 Å². The van der Waals surface area contributed by atoms with Gasteiger partial charge in [-0.3, -0.25) is 20.2 Å². The molecule has 0 aliphatic carbocycles. The van der Waals surface area contributed by atoms with Crippen LogP contribution in [0.1, 0.15) is 18.4 Å². The first kappa shape index (κ1) is 14.0. The monoisotopic (exact) mass is 277 g/mol. The number of rotatable bonds is 6. The molecule has 0 aliphatic rings. The summed E-state index contributed by atoms with van der Waals surface area (Å²) in [4.78, 5) is 20.5. The fraction of sp³-hybridized carbons (Fsp3) is 0.385. The van der Waals surface area contributed by atoms with Crippen molar-refractivity contribution >= 4 is 10.9 Å². The molecule has 0 fully saturated rings. The Morgan fingerprint density at radius 2 is 1.75 bits per heavy atom. The zero-order valence-electron chi connectivity index (χ0n) is 11.1. The third-order valence-electron chi connectivity index (χ3n) is 3.34. The van der Waals surface area contributed by atoms with E-state index in [4.69, 9.17) is 0 Å². The summed E-state index contributed by atoms with van der Waals surface area (Å²) in [6.07, 6.45) is 1.79. The van der Waals surface area contributed by atoms with Gasteiger partial charge in [-0.25, -0.2) is 0 Å². The molecule has 1 aromatic heterocycles. The van der Waals surface area contributed by atoms with Gasteiger partial charge < -0.3 is 4.57 Å². The second-order valence-corrected chi connectivity index (χ2v) is 4.62. The van der Waals surface area contributed by atoms with E-state index in [1.54, 1.807) is 6.20 Å². The van der Waals surface area contributed by atoms with Crippen molar-refractivity contribution in [3.05, 3.63) is 56.3 Å². The van der Waals surface area contributed by atoms with Crippen LogP contribution in [0.4, 0.5) is 0 Å².